The van der Waals surface area contributed by atoms with E-state index in [1.54, 1.807) is 6.07 Å². The third-order valence-corrected chi connectivity index (χ3v) is 1.13. The standard InChI is InChI=1S/C7H4F3N3O/c8-7(9,10)4-14-6-3-12-5(1-11)2-13-6/h2-3H,4H2. The van der Waals surface area contributed by atoms with Crippen LogP contribution < -0.4 is 4.74 Å². The first kappa shape index (κ1) is 10.2. The summed E-state index contributed by atoms with van der Waals surface area (Å²) in [5.41, 5.74) is 0.0179. The van der Waals surface area contributed by atoms with Crippen LogP contribution in [0.2, 0.25) is 0 Å². The van der Waals surface area contributed by atoms with Crippen LogP contribution in [0.1, 0.15) is 5.69 Å². The molecule has 1 aromatic heterocycles. The molecule has 1 aromatic rings. The lowest BCUT2D eigenvalue weighted by atomic mass is 10.5. The number of rotatable bonds is 2. The summed E-state index contributed by atoms with van der Waals surface area (Å²) < 4.78 is 39.2. The number of halogens is 3. The molecule has 0 saturated carbocycles. The fourth-order valence-electron chi connectivity index (χ4n) is 0.604. The minimum Gasteiger partial charge on any atom is -0.467 e. The van der Waals surface area contributed by atoms with Crippen LogP contribution in [0.3, 0.4) is 0 Å². The molecule has 0 bridgehead atoms. The van der Waals surface area contributed by atoms with Crippen molar-refractivity contribution in [2.75, 3.05) is 6.61 Å². The molecule has 7 heteroatoms. The Morgan fingerprint density at radius 2 is 2.07 bits per heavy atom. The molecule has 0 aliphatic rings. The smallest absolute Gasteiger partial charge is 0.422 e. The second-order valence-electron chi connectivity index (χ2n) is 2.26. The summed E-state index contributed by atoms with van der Waals surface area (Å²) in [4.78, 5) is 6.93. The fraction of sp³-hybridized carbons (Fsp3) is 0.286. The lowest BCUT2D eigenvalue weighted by Gasteiger charge is -2.06. The first-order valence-corrected chi connectivity index (χ1v) is 3.43. The van der Waals surface area contributed by atoms with Crippen molar-refractivity contribution < 1.29 is 17.9 Å². The highest BCUT2D eigenvalue weighted by Gasteiger charge is 2.28. The lowest BCUT2D eigenvalue weighted by Crippen LogP contribution is -2.19. The quantitative estimate of drug-likeness (QED) is 0.726. The Morgan fingerprint density at radius 3 is 2.50 bits per heavy atom. The molecule has 1 heterocycles. The summed E-state index contributed by atoms with van der Waals surface area (Å²) in [5.74, 6) is -0.263. The van der Waals surface area contributed by atoms with Gasteiger partial charge in [-0.05, 0) is 0 Å². The van der Waals surface area contributed by atoms with Crippen molar-refractivity contribution >= 4 is 0 Å². The molecule has 0 amide bonds. The van der Waals surface area contributed by atoms with Gasteiger partial charge in [0.05, 0.1) is 12.4 Å². The number of ether oxygens (including phenoxy) is 1. The van der Waals surface area contributed by atoms with Crippen molar-refractivity contribution in [2.45, 2.75) is 6.18 Å². The molecule has 0 radical (unpaired) electrons. The van der Waals surface area contributed by atoms with Gasteiger partial charge in [-0.15, -0.1) is 0 Å². The largest absolute Gasteiger partial charge is 0.467 e. The van der Waals surface area contributed by atoms with Gasteiger partial charge in [0.1, 0.15) is 6.07 Å². The Kier molecular flexibility index (Phi) is 2.86. The van der Waals surface area contributed by atoms with Crippen LogP contribution in [0.5, 0.6) is 5.88 Å². The zero-order valence-electron chi connectivity index (χ0n) is 6.75. The number of hydrogen-bond donors (Lipinski definition) is 0. The summed E-state index contributed by atoms with van der Waals surface area (Å²) in [6.07, 6.45) is -2.41. The highest BCUT2D eigenvalue weighted by Crippen LogP contribution is 2.16. The van der Waals surface area contributed by atoms with Crippen LogP contribution in [-0.4, -0.2) is 22.8 Å². The average Bonchev–Trinajstić information content (AvgIpc) is 2.14. The van der Waals surface area contributed by atoms with Gasteiger partial charge >= 0.3 is 6.18 Å². The molecule has 0 aliphatic carbocycles. The molecule has 74 valence electrons. The van der Waals surface area contributed by atoms with Gasteiger partial charge < -0.3 is 4.74 Å². The SMILES string of the molecule is N#Cc1cnc(OCC(F)(F)F)cn1. The lowest BCUT2D eigenvalue weighted by molar-refractivity contribution is -0.154. The third-order valence-electron chi connectivity index (χ3n) is 1.13. The van der Waals surface area contributed by atoms with E-state index in [9.17, 15) is 13.2 Å². The van der Waals surface area contributed by atoms with E-state index in [1.165, 1.54) is 0 Å². The zero-order chi connectivity index (χ0) is 10.6. The molecule has 0 saturated heterocycles. The highest BCUT2D eigenvalue weighted by atomic mass is 19.4. The Hall–Kier alpha value is -1.84. The number of nitriles is 1. The molecule has 1 rings (SSSR count). The van der Waals surface area contributed by atoms with Crippen molar-refractivity contribution in [3.05, 3.63) is 18.1 Å². The maximum atomic E-state index is 11.7. The maximum Gasteiger partial charge on any atom is 0.422 e. The Bertz CT molecular complexity index is 341. The summed E-state index contributed by atoms with van der Waals surface area (Å²) >= 11 is 0. The third kappa shape index (κ3) is 3.26. The van der Waals surface area contributed by atoms with Gasteiger partial charge in [-0.1, -0.05) is 0 Å². The number of hydrogen-bond acceptors (Lipinski definition) is 4. The summed E-state index contributed by atoms with van der Waals surface area (Å²) in [6.45, 7) is -1.42. The molecule has 0 aromatic carbocycles. The maximum absolute atomic E-state index is 11.7. The molecule has 0 spiro atoms. The predicted octanol–water partition coefficient (Wildman–Crippen LogP) is 1.29. The van der Waals surface area contributed by atoms with Gasteiger partial charge in [0.25, 0.3) is 0 Å². The van der Waals surface area contributed by atoms with E-state index in [0.29, 0.717) is 0 Å². The van der Waals surface area contributed by atoms with Crippen molar-refractivity contribution in [3.63, 3.8) is 0 Å². The van der Waals surface area contributed by atoms with E-state index in [-0.39, 0.29) is 11.6 Å². The summed E-state index contributed by atoms with van der Waals surface area (Å²) in [7, 11) is 0. The summed E-state index contributed by atoms with van der Waals surface area (Å²) in [6, 6.07) is 1.68. The molecule has 0 unspecified atom stereocenters. The minimum absolute atomic E-state index is 0.0179. The Labute approximate surface area is 77.0 Å². The number of alkyl halides is 3. The average molecular weight is 203 g/mol. The number of aromatic nitrogens is 2. The molecular weight excluding hydrogens is 199 g/mol. The number of nitrogens with zero attached hydrogens (tertiary/aromatic N) is 3. The molecule has 0 atom stereocenters. The molecule has 0 fully saturated rings. The van der Waals surface area contributed by atoms with Crippen molar-refractivity contribution in [3.8, 4) is 11.9 Å². The Morgan fingerprint density at radius 1 is 1.36 bits per heavy atom. The van der Waals surface area contributed by atoms with Gasteiger partial charge in [-0.2, -0.15) is 18.4 Å². The van der Waals surface area contributed by atoms with Crippen molar-refractivity contribution in [1.29, 1.82) is 5.26 Å². The molecule has 0 aliphatic heterocycles. The van der Waals surface area contributed by atoms with Gasteiger partial charge in [-0.25, -0.2) is 9.97 Å². The highest BCUT2D eigenvalue weighted by molar-refractivity contribution is 5.18. The van der Waals surface area contributed by atoms with Gasteiger partial charge in [0, 0.05) is 0 Å². The normalized spacial score (nSPS) is 10.7. The van der Waals surface area contributed by atoms with Crippen LogP contribution in [0, 0.1) is 11.3 Å². The summed E-state index contributed by atoms with van der Waals surface area (Å²) in [5, 5.41) is 8.31. The first-order chi connectivity index (χ1) is 6.51. The predicted molar refractivity (Wildman–Crippen MR) is 38.3 cm³/mol. The molecule has 0 N–H and O–H groups in total. The second kappa shape index (κ2) is 3.91. The van der Waals surface area contributed by atoms with Crippen molar-refractivity contribution in [1.82, 2.24) is 9.97 Å². The first-order valence-electron chi connectivity index (χ1n) is 3.43. The second-order valence-corrected chi connectivity index (χ2v) is 2.26. The minimum atomic E-state index is -4.41. The fourth-order valence-corrected chi connectivity index (χ4v) is 0.604. The van der Waals surface area contributed by atoms with Crippen LogP contribution in [0.15, 0.2) is 12.4 Å². The topological polar surface area (TPSA) is 58.8 Å². The van der Waals surface area contributed by atoms with Gasteiger partial charge in [0.2, 0.25) is 5.88 Å². The van der Waals surface area contributed by atoms with Crippen LogP contribution in [0.4, 0.5) is 13.2 Å². The Balaban J connectivity index is 2.58. The van der Waals surface area contributed by atoms with Crippen LogP contribution in [0.25, 0.3) is 0 Å². The molecule has 14 heavy (non-hydrogen) atoms. The van der Waals surface area contributed by atoms with E-state index in [0.717, 1.165) is 12.4 Å². The van der Waals surface area contributed by atoms with Gasteiger partial charge in [-0.3, -0.25) is 0 Å². The zero-order valence-corrected chi connectivity index (χ0v) is 6.75. The van der Waals surface area contributed by atoms with E-state index < -0.39 is 12.8 Å². The van der Waals surface area contributed by atoms with Crippen molar-refractivity contribution in [2.24, 2.45) is 0 Å². The molecule has 4 nitrogen and oxygen atoms in total. The van der Waals surface area contributed by atoms with E-state index >= 15 is 0 Å². The monoisotopic (exact) mass is 203 g/mol. The van der Waals surface area contributed by atoms with E-state index in [1.807, 2.05) is 0 Å². The molecular formula is C7H4F3N3O. The van der Waals surface area contributed by atoms with Gasteiger partial charge in [0.15, 0.2) is 12.3 Å². The van der Waals surface area contributed by atoms with E-state index in [4.69, 9.17) is 5.26 Å². The van der Waals surface area contributed by atoms with E-state index in [2.05, 4.69) is 14.7 Å². The van der Waals surface area contributed by atoms with Crippen LogP contribution in [-0.2, 0) is 0 Å². The van der Waals surface area contributed by atoms with Crippen LogP contribution >= 0.6 is 0 Å².